The molecule has 0 fully saturated rings. The highest BCUT2D eigenvalue weighted by molar-refractivity contribution is 7.09. The van der Waals surface area contributed by atoms with Crippen molar-refractivity contribution < 1.29 is 4.79 Å². The summed E-state index contributed by atoms with van der Waals surface area (Å²) in [6.07, 6.45) is 1.94. The molecule has 2 heterocycles. The Bertz CT molecular complexity index is 428. The fourth-order valence-electron chi connectivity index (χ4n) is 1.44. The highest BCUT2D eigenvalue weighted by Crippen LogP contribution is 2.13. The van der Waals surface area contributed by atoms with Gasteiger partial charge in [-0.1, -0.05) is 6.07 Å². The minimum atomic E-state index is 0.117. The molecule has 0 aromatic carbocycles. The standard InChI is InChI=1S/C11H11NOS/c1-9(13)11-5-2-6-12(11)8-10-4-3-7-14-10/h2-7H,8H2,1H3. The third-order valence-electron chi connectivity index (χ3n) is 2.10. The Morgan fingerprint density at radius 3 is 2.93 bits per heavy atom. The number of ketones is 1. The van der Waals surface area contributed by atoms with E-state index in [4.69, 9.17) is 0 Å². The van der Waals surface area contributed by atoms with E-state index in [-0.39, 0.29) is 5.78 Å². The molecule has 0 unspecified atom stereocenters. The Kier molecular flexibility index (Phi) is 2.50. The molecule has 0 N–H and O–H groups in total. The molecule has 0 aliphatic carbocycles. The number of carbonyl (C=O) groups excluding carboxylic acids is 1. The molecule has 72 valence electrons. The van der Waals surface area contributed by atoms with Crippen molar-refractivity contribution in [2.24, 2.45) is 0 Å². The quantitative estimate of drug-likeness (QED) is 0.706. The first kappa shape index (κ1) is 9.21. The van der Waals surface area contributed by atoms with Gasteiger partial charge in [0.15, 0.2) is 5.78 Å². The molecule has 3 heteroatoms. The van der Waals surface area contributed by atoms with Crippen LogP contribution < -0.4 is 0 Å². The molecule has 0 bridgehead atoms. The Morgan fingerprint density at radius 2 is 2.29 bits per heavy atom. The molecule has 2 nitrogen and oxygen atoms in total. The molecular weight excluding hydrogens is 194 g/mol. The van der Waals surface area contributed by atoms with Crippen molar-refractivity contribution in [1.29, 1.82) is 0 Å². The normalized spacial score (nSPS) is 10.4. The van der Waals surface area contributed by atoms with Crippen LogP contribution in [0, 0.1) is 0 Å². The summed E-state index contributed by atoms with van der Waals surface area (Å²) >= 11 is 1.71. The molecule has 0 saturated heterocycles. The lowest BCUT2D eigenvalue weighted by Gasteiger charge is -2.04. The maximum Gasteiger partial charge on any atom is 0.176 e. The Balaban J connectivity index is 2.25. The molecule has 0 radical (unpaired) electrons. The van der Waals surface area contributed by atoms with Gasteiger partial charge in [0.2, 0.25) is 0 Å². The van der Waals surface area contributed by atoms with Crippen LogP contribution >= 0.6 is 11.3 Å². The summed E-state index contributed by atoms with van der Waals surface area (Å²) in [5.41, 5.74) is 0.776. The third kappa shape index (κ3) is 1.77. The monoisotopic (exact) mass is 205 g/mol. The highest BCUT2D eigenvalue weighted by Gasteiger charge is 2.05. The average Bonchev–Trinajstić information content (AvgIpc) is 2.75. The number of aromatic nitrogens is 1. The van der Waals surface area contributed by atoms with Gasteiger partial charge in [0, 0.05) is 18.0 Å². The minimum absolute atomic E-state index is 0.117. The second kappa shape index (κ2) is 3.80. The van der Waals surface area contributed by atoms with Crippen LogP contribution in [0.1, 0.15) is 22.3 Å². The summed E-state index contributed by atoms with van der Waals surface area (Å²) in [5.74, 6) is 0.117. The van der Waals surface area contributed by atoms with Crippen molar-refractivity contribution in [1.82, 2.24) is 4.57 Å². The predicted octanol–water partition coefficient (Wildman–Crippen LogP) is 2.80. The fourth-order valence-corrected chi connectivity index (χ4v) is 2.14. The number of carbonyl (C=O) groups is 1. The SMILES string of the molecule is CC(=O)c1cccn1Cc1cccs1. The zero-order valence-corrected chi connectivity index (χ0v) is 8.75. The number of hydrogen-bond acceptors (Lipinski definition) is 2. The first-order valence-corrected chi connectivity index (χ1v) is 5.34. The van der Waals surface area contributed by atoms with Crippen LogP contribution in [0.15, 0.2) is 35.8 Å². The van der Waals surface area contributed by atoms with Crippen LogP contribution in [0.4, 0.5) is 0 Å². The topological polar surface area (TPSA) is 22.0 Å². The largest absolute Gasteiger partial charge is 0.340 e. The molecule has 0 aliphatic heterocycles. The van der Waals surface area contributed by atoms with E-state index in [0.717, 1.165) is 12.2 Å². The fraction of sp³-hybridized carbons (Fsp3) is 0.182. The van der Waals surface area contributed by atoms with E-state index in [1.165, 1.54) is 4.88 Å². The lowest BCUT2D eigenvalue weighted by Crippen LogP contribution is -2.05. The van der Waals surface area contributed by atoms with Crippen molar-refractivity contribution >= 4 is 17.1 Å². The number of rotatable bonds is 3. The van der Waals surface area contributed by atoms with Crippen LogP contribution in [0.25, 0.3) is 0 Å². The number of Topliss-reactive ketones (excluding diaryl/α,β-unsaturated/α-hetero) is 1. The van der Waals surface area contributed by atoms with E-state index in [2.05, 4.69) is 6.07 Å². The zero-order chi connectivity index (χ0) is 9.97. The zero-order valence-electron chi connectivity index (χ0n) is 7.93. The Labute approximate surface area is 86.8 Å². The van der Waals surface area contributed by atoms with Gasteiger partial charge >= 0.3 is 0 Å². The average molecular weight is 205 g/mol. The maximum absolute atomic E-state index is 11.2. The van der Waals surface area contributed by atoms with E-state index in [1.54, 1.807) is 18.3 Å². The summed E-state index contributed by atoms with van der Waals surface area (Å²) in [6, 6.07) is 7.87. The van der Waals surface area contributed by atoms with E-state index in [0.29, 0.717) is 0 Å². The van der Waals surface area contributed by atoms with Gasteiger partial charge in [-0.3, -0.25) is 4.79 Å². The third-order valence-corrected chi connectivity index (χ3v) is 2.96. The minimum Gasteiger partial charge on any atom is -0.340 e. The van der Waals surface area contributed by atoms with Crippen LogP contribution in [-0.2, 0) is 6.54 Å². The summed E-state index contributed by atoms with van der Waals surface area (Å²) in [5, 5.41) is 2.05. The van der Waals surface area contributed by atoms with E-state index in [1.807, 2.05) is 34.3 Å². The molecule has 2 aromatic heterocycles. The van der Waals surface area contributed by atoms with Crippen LogP contribution in [0.5, 0.6) is 0 Å². The number of hydrogen-bond donors (Lipinski definition) is 0. The molecule has 0 saturated carbocycles. The summed E-state index contributed by atoms with van der Waals surface area (Å²) in [4.78, 5) is 12.5. The van der Waals surface area contributed by atoms with E-state index >= 15 is 0 Å². The second-order valence-electron chi connectivity index (χ2n) is 3.16. The van der Waals surface area contributed by atoms with E-state index < -0.39 is 0 Å². The molecule has 0 atom stereocenters. The molecule has 14 heavy (non-hydrogen) atoms. The number of nitrogens with zero attached hydrogens (tertiary/aromatic N) is 1. The van der Waals surface area contributed by atoms with Gasteiger partial charge in [0.05, 0.1) is 12.2 Å². The molecule has 2 rings (SSSR count). The van der Waals surface area contributed by atoms with Gasteiger partial charge in [-0.25, -0.2) is 0 Å². The van der Waals surface area contributed by atoms with Gasteiger partial charge in [-0.05, 0) is 23.6 Å². The van der Waals surface area contributed by atoms with Crippen molar-refractivity contribution in [3.05, 3.63) is 46.4 Å². The van der Waals surface area contributed by atoms with Crippen molar-refractivity contribution in [2.75, 3.05) is 0 Å². The van der Waals surface area contributed by atoms with Crippen LogP contribution in [-0.4, -0.2) is 10.4 Å². The van der Waals surface area contributed by atoms with Gasteiger partial charge in [0.1, 0.15) is 0 Å². The molecule has 0 spiro atoms. The molecule has 0 amide bonds. The Hall–Kier alpha value is -1.35. The smallest absolute Gasteiger partial charge is 0.176 e. The number of thiophene rings is 1. The van der Waals surface area contributed by atoms with Crippen molar-refractivity contribution in [3.8, 4) is 0 Å². The first-order valence-electron chi connectivity index (χ1n) is 4.46. The highest BCUT2D eigenvalue weighted by atomic mass is 32.1. The molecule has 0 aliphatic rings. The van der Waals surface area contributed by atoms with E-state index in [9.17, 15) is 4.79 Å². The Morgan fingerprint density at radius 1 is 1.43 bits per heavy atom. The van der Waals surface area contributed by atoms with Crippen LogP contribution in [0.2, 0.25) is 0 Å². The maximum atomic E-state index is 11.2. The van der Waals surface area contributed by atoms with Crippen molar-refractivity contribution in [2.45, 2.75) is 13.5 Å². The summed E-state index contributed by atoms with van der Waals surface area (Å²) in [6.45, 7) is 2.39. The summed E-state index contributed by atoms with van der Waals surface area (Å²) in [7, 11) is 0. The lowest BCUT2D eigenvalue weighted by molar-refractivity contribution is 0.100. The van der Waals surface area contributed by atoms with Crippen LogP contribution in [0.3, 0.4) is 0 Å². The van der Waals surface area contributed by atoms with Gasteiger partial charge in [0.25, 0.3) is 0 Å². The second-order valence-corrected chi connectivity index (χ2v) is 4.19. The summed E-state index contributed by atoms with van der Waals surface area (Å²) < 4.78 is 1.98. The van der Waals surface area contributed by atoms with Gasteiger partial charge in [-0.15, -0.1) is 11.3 Å². The lowest BCUT2D eigenvalue weighted by atomic mass is 10.3. The molecule has 2 aromatic rings. The first-order chi connectivity index (χ1) is 6.77. The van der Waals surface area contributed by atoms with Gasteiger partial charge in [-0.2, -0.15) is 0 Å². The predicted molar refractivity (Wildman–Crippen MR) is 57.9 cm³/mol. The van der Waals surface area contributed by atoms with Gasteiger partial charge < -0.3 is 4.57 Å². The van der Waals surface area contributed by atoms with Crippen molar-refractivity contribution in [3.63, 3.8) is 0 Å². The molecular formula is C11H11NOS.